The molecule has 0 heterocycles. The summed E-state index contributed by atoms with van der Waals surface area (Å²) in [6.45, 7) is 9.36. The number of benzene rings is 1. The van der Waals surface area contributed by atoms with Gasteiger partial charge in [0.05, 0.1) is 33.0 Å². The van der Waals surface area contributed by atoms with Crippen molar-refractivity contribution in [2.45, 2.75) is 51.9 Å². The predicted molar refractivity (Wildman–Crippen MR) is 97.8 cm³/mol. The highest BCUT2D eigenvalue weighted by Gasteiger charge is 2.19. The molecule has 0 bridgehead atoms. The molecule has 1 aromatic rings. The fourth-order valence-corrected chi connectivity index (χ4v) is 2.57. The number of hydrogen-bond acceptors (Lipinski definition) is 4. The Balaban J connectivity index is 2.24. The fourth-order valence-electron chi connectivity index (χ4n) is 2.57. The Morgan fingerprint density at radius 3 is 2.12 bits per heavy atom. The van der Waals surface area contributed by atoms with E-state index in [2.05, 4.69) is 32.9 Å². The van der Waals surface area contributed by atoms with Gasteiger partial charge in [0.1, 0.15) is 12.4 Å². The molecule has 138 valence electrons. The van der Waals surface area contributed by atoms with Gasteiger partial charge >= 0.3 is 0 Å². The summed E-state index contributed by atoms with van der Waals surface area (Å²) < 4.78 is 16.2. The minimum Gasteiger partial charge on any atom is -0.491 e. The van der Waals surface area contributed by atoms with Gasteiger partial charge in [-0.05, 0) is 29.5 Å². The third-order valence-electron chi connectivity index (χ3n) is 4.15. The SMILES string of the molecule is CCCCCC(C)(C)c1ccc(OCCOCCOCCO)cc1. The number of ether oxygens (including phenoxy) is 3. The first-order valence-electron chi connectivity index (χ1n) is 9.10. The molecule has 4 nitrogen and oxygen atoms in total. The molecule has 0 saturated heterocycles. The monoisotopic (exact) mass is 338 g/mol. The normalized spacial score (nSPS) is 11.7. The molecule has 0 spiro atoms. The molecule has 0 amide bonds. The van der Waals surface area contributed by atoms with Gasteiger partial charge in [-0.2, -0.15) is 0 Å². The lowest BCUT2D eigenvalue weighted by atomic mass is 9.80. The third kappa shape index (κ3) is 8.67. The van der Waals surface area contributed by atoms with E-state index in [4.69, 9.17) is 19.3 Å². The average molecular weight is 338 g/mol. The van der Waals surface area contributed by atoms with Gasteiger partial charge in [0.15, 0.2) is 0 Å². The number of aliphatic hydroxyl groups is 1. The lowest BCUT2D eigenvalue weighted by molar-refractivity contribution is 0.0247. The van der Waals surface area contributed by atoms with Gasteiger partial charge in [0, 0.05) is 0 Å². The van der Waals surface area contributed by atoms with Gasteiger partial charge in [0.25, 0.3) is 0 Å². The summed E-state index contributed by atoms with van der Waals surface area (Å²) in [7, 11) is 0. The highest BCUT2D eigenvalue weighted by atomic mass is 16.5. The summed E-state index contributed by atoms with van der Waals surface area (Å²) in [5, 5.41) is 8.57. The summed E-state index contributed by atoms with van der Waals surface area (Å²) in [4.78, 5) is 0. The molecule has 0 fully saturated rings. The molecule has 0 aliphatic carbocycles. The summed E-state index contributed by atoms with van der Waals surface area (Å²) in [6.07, 6.45) is 5.06. The Bertz CT molecular complexity index is 414. The summed E-state index contributed by atoms with van der Waals surface area (Å²) in [5.41, 5.74) is 1.58. The van der Waals surface area contributed by atoms with Crippen LogP contribution >= 0.6 is 0 Å². The molecule has 0 aromatic heterocycles. The zero-order chi connectivity index (χ0) is 17.7. The van der Waals surface area contributed by atoms with Crippen LogP contribution in [0.1, 0.15) is 52.0 Å². The molecule has 1 N–H and O–H groups in total. The highest BCUT2D eigenvalue weighted by molar-refractivity contribution is 5.31. The number of unbranched alkanes of at least 4 members (excludes halogenated alkanes) is 2. The zero-order valence-corrected chi connectivity index (χ0v) is 15.6. The first-order chi connectivity index (χ1) is 11.6. The zero-order valence-electron chi connectivity index (χ0n) is 15.6. The van der Waals surface area contributed by atoms with Crippen LogP contribution in [0.4, 0.5) is 0 Å². The van der Waals surface area contributed by atoms with Crippen LogP contribution < -0.4 is 4.74 Å². The van der Waals surface area contributed by atoms with Gasteiger partial charge in [-0.15, -0.1) is 0 Å². The Labute approximate surface area is 147 Å². The lowest BCUT2D eigenvalue weighted by Crippen LogP contribution is -2.17. The minimum absolute atomic E-state index is 0.0501. The Morgan fingerprint density at radius 1 is 0.875 bits per heavy atom. The van der Waals surface area contributed by atoms with E-state index in [0.29, 0.717) is 33.0 Å². The highest BCUT2D eigenvalue weighted by Crippen LogP contribution is 2.30. The smallest absolute Gasteiger partial charge is 0.119 e. The van der Waals surface area contributed by atoms with E-state index >= 15 is 0 Å². The molecule has 0 unspecified atom stereocenters. The van der Waals surface area contributed by atoms with E-state index in [0.717, 1.165) is 5.75 Å². The van der Waals surface area contributed by atoms with Crippen molar-refractivity contribution in [1.82, 2.24) is 0 Å². The molecule has 1 rings (SSSR count). The van der Waals surface area contributed by atoms with Crippen molar-refractivity contribution in [3.8, 4) is 5.75 Å². The molecule has 0 saturated carbocycles. The molecule has 0 atom stereocenters. The predicted octanol–water partition coefficient (Wildman–Crippen LogP) is 3.95. The van der Waals surface area contributed by atoms with E-state index in [9.17, 15) is 0 Å². The second kappa shape index (κ2) is 12.3. The molecule has 24 heavy (non-hydrogen) atoms. The van der Waals surface area contributed by atoms with Crippen LogP contribution in [0, 0.1) is 0 Å². The van der Waals surface area contributed by atoms with Crippen molar-refractivity contribution >= 4 is 0 Å². The van der Waals surface area contributed by atoms with Crippen molar-refractivity contribution in [3.63, 3.8) is 0 Å². The quantitative estimate of drug-likeness (QED) is 0.522. The van der Waals surface area contributed by atoms with E-state index in [-0.39, 0.29) is 12.0 Å². The fraction of sp³-hybridized carbons (Fsp3) is 0.700. The largest absolute Gasteiger partial charge is 0.491 e. The van der Waals surface area contributed by atoms with E-state index in [1.807, 2.05) is 12.1 Å². The van der Waals surface area contributed by atoms with Crippen LogP contribution in [-0.4, -0.2) is 44.7 Å². The number of hydrogen-bond donors (Lipinski definition) is 1. The van der Waals surface area contributed by atoms with Gasteiger partial charge in [0.2, 0.25) is 0 Å². The Hall–Kier alpha value is -1.10. The van der Waals surface area contributed by atoms with Crippen LogP contribution in [0.15, 0.2) is 24.3 Å². The van der Waals surface area contributed by atoms with Crippen LogP contribution in [0.2, 0.25) is 0 Å². The van der Waals surface area contributed by atoms with E-state index < -0.39 is 0 Å². The topological polar surface area (TPSA) is 47.9 Å². The number of aliphatic hydroxyl groups excluding tert-OH is 1. The van der Waals surface area contributed by atoms with Crippen LogP contribution in [0.5, 0.6) is 5.75 Å². The number of rotatable bonds is 14. The van der Waals surface area contributed by atoms with Crippen LogP contribution in [0.25, 0.3) is 0 Å². The molecule has 0 radical (unpaired) electrons. The van der Waals surface area contributed by atoms with E-state index in [1.54, 1.807) is 0 Å². The first-order valence-corrected chi connectivity index (χ1v) is 9.10. The standard InChI is InChI=1S/C20H34O4/c1-4-5-6-11-20(2,3)18-7-9-19(10-8-18)24-17-16-23-15-14-22-13-12-21/h7-10,21H,4-6,11-17H2,1-3H3. The van der Waals surface area contributed by atoms with Crippen molar-refractivity contribution < 1.29 is 19.3 Å². The molecular weight excluding hydrogens is 304 g/mol. The van der Waals surface area contributed by atoms with E-state index in [1.165, 1.54) is 31.2 Å². The second-order valence-electron chi connectivity index (χ2n) is 6.66. The van der Waals surface area contributed by atoms with Crippen molar-refractivity contribution in [2.75, 3.05) is 39.6 Å². The lowest BCUT2D eigenvalue weighted by Gasteiger charge is -2.25. The van der Waals surface area contributed by atoms with Gasteiger partial charge in [-0.25, -0.2) is 0 Å². The average Bonchev–Trinajstić information content (AvgIpc) is 2.58. The summed E-state index contributed by atoms with van der Waals surface area (Å²) in [6, 6.07) is 8.43. The summed E-state index contributed by atoms with van der Waals surface area (Å²) >= 11 is 0. The Kier molecular flexibility index (Phi) is 10.7. The maximum atomic E-state index is 8.57. The molecule has 0 aliphatic heterocycles. The Morgan fingerprint density at radius 2 is 1.50 bits per heavy atom. The maximum absolute atomic E-state index is 8.57. The van der Waals surface area contributed by atoms with Crippen molar-refractivity contribution in [2.24, 2.45) is 0 Å². The third-order valence-corrected chi connectivity index (χ3v) is 4.15. The van der Waals surface area contributed by atoms with Crippen molar-refractivity contribution in [1.29, 1.82) is 0 Å². The van der Waals surface area contributed by atoms with Crippen LogP contribution in [0.3, 0.4) is 0 Å². The molecular formula is C20H34O4. The van der Waals surface area contributed by atoms with Gasteiger partial charge in [-0.3, -0.25) is 0 Å². The van der Waals surface area contributed by atoms with Gasteiger partial charge < -0.3 is 19.3 Å². The molecule has 1 aromatic carbocycles. The second-order valence-corrected chi connectivity index (χ2v) is 6.66. The first kappa shape index (κ1) is 20.9. The molecule has 4 heteroatoms. The minimum atomic E-state index is 0.0501. The summed E-state index contributed by atoms with van der Waals surface area (Å²) in [5.74, 6) is 0.878. The van der Waals surface area contributed by atoms with Crippen molar-refractivity contribution in [3.05, 3.63) is 29.8 Å². The molecule has 0 aliphatic rings. The maximum Gasteiger partial charge on any atom is 0.119 e. The van der Waals surface area contributed by atoms with Crippen LogP contribution in [-0.2, 0) is 14.9 Å². The van der Waals surface area contributed by atoms with Gasteiger partial charge in [-0.1, -0.05) is 52.2 Å².